The summed E-state index contributed by atoms with van der Waals surface area (Å²) in [5.74, 6) is -0.464. The molecular formula is C21H22BrFN2O3. The van der Waals surface area contributed by atoms with E-state index in [0.717, 1.165) is 15.8 Å². The number of carbonyl (C=O) groups excluding carboxylic acids is 2. The molecule has 7 heteroatoms. The standard InChI is InChI=1S/C21H22BrFN2O3/c1-12(2)19(25-20(26)13-3-6-15(23)7-4-13)21(27)24-17-9-10-28-18-8-5-14(22)11-16(17)18/h3-8,11-12,17,19H,9-10H2,1-2H3,(H,24,27)(H,25,26). The fourth-order valence-electron chi connectivity index (χ4n) is 3.14. The van der Waals surface area contributed by atoms with Crippen molar-refractivity contribution in [2.75, 3.05) is 6.61 Å². The Balaban J connectivity index is 1.73. The molecule has 5 nitrogen and oxygen atoms in total. The number of benzene rings is 2. The Morgan fingerprint density at radius 2 is 1.89 bits per heavy atom. The van der Waals surface area contributed by atoms with Gasteiger partial charge in [0.1, 0.15) is 17.6 Å². The zero-order valence-corrected chi connectivity index (χ0v) is 17.3. The van der Waals surface area contributed by atoms with Crippen LogP contribution in [0.3, 0.4) is 0 Å². The van der Waals surface area contributed by atoms with Crippen LogP contribution in [0.25, 0.3) is 0 Å². The van der Waals surface area contributed by atoms with Gasteiger partial charge in [0.05, 0.1) is 12.6 Å². The molecule has 2 amide bonds. The third-order valence-corrected chi connectivity index (χ3v) is 5.16. The maximum atomic E-state index is 13.1. The number of nitrogens with one attached hydrogen (secondary N) is 2. The molecule has 2 aromatic carbocycles. The molecule has 2 atom stereocenters. The maximum absolute atomic E-state index is 13.1. The summed E-state index contributed by atoms with van der Waals surface area (Å²) in [5.41, 5.74) is 1.21. The molecule has 148 valence electrons. The van der Waals surface area contributed by atoms with Crippen molar-refractivity contribution >= 4 is 27.7 Å². The van der Waals surface area contributed by atoms with Crippen molar-refractivity contribution in [2.24, 2.45) is 5.92 Å². The third-order valence-electron chi connectivity index (χ3n) is 4.67. The highest BCUT2D eigenvalue weighted by atomic mass is 79.9. The van der Waals surface area contributed by atoms with E-state index < -0.39 is 17.8 Å². The minimum Gasteiger partial charge on any atom is -0.493 e. The second-order valence-corrected chi connectivity index (χ2v) is 8.00. The number of ether oxygens (including phenoxy) is 1. The van der Waals surface area contributed by atoms with Crippen molar-refractivity contribution in [2.45, 2.75) is 32.4 Å². The van der Waals surface area contributed by atoms with Gasteiger partial charge in [0.25, 0.3) is 5.91 Å². The van der Waals surface area contributed by atoms with Gasteiger partial charge < -0.3 is 15.4 Å². The van der Waals surface area contributed by atoms with E-state index in [1.165, 1.54) is 24.3 Å². The Morgan fingerprint density at radius 1 is 1.18 bits per heavy atom. The molecule has 0 saturated heterocycles. The summed E-state index contributed by atoms with van der Waals surface area (Å²) < 4.78 is 19.6. The molecule has 0 radical (unpaired) electrons. The second-order valence-electron chi connectivity index (χ2n) is 7.08. The van der Waals surface area contributed by atoms with Crippen molar-refractivity contribution < 1.29 is 18.7 Å². The molecule has 1 aliphatic heterocycles. The Morgan fingerprint density at radius 3 is 2.57 bits per heavy atom. The summed E-state index contributed by atoms with van der Waals surface area (Å²) in [6.07, 6.45) is 0.645. The summed E-state index contributed by atoms with van der Waals surface area (Å²) in [6, 6.07) is 10.0. The van der Waals surface area contributed by atoms with E-state index in [1.807, 2.05) is 32.0 Å². The van der Waals surface area contributed by atoms with Gasteiger partial charge in [-0.25, -0.2) is 4.39 Å². The number of rotatable bonds is 5. The molecule has 0 saturated carbocycles. The van der Waals surface area contributed by atoms with Crippen LogP contribution in [0.15, 0.2) is 46.9 Å². The molecule has 0 spiro atoms. The molecule has 2 unspecified atom stereocenters. The molecule has 0 bridgehead atoms. The van der Waals surface area contributed by atoms with Crippen LogP contribution in [0.1, 0.15) is 42.2 Å². The van der Waals surface area contributed by atoms with Crippen molar-refractivity contribution in [3.05, 3.63) is 63.9 Å². The zero-order valence-electron chi connectivity index (χ0n) is 15.7. The Bertz CT molecular complexity index is 870. The van der Waals surface area contributed by atoms with E-state index in [9.17, 15) is 14.0 Å². The summed E-state index contributed by atoms with van der Waals surface area (Å²) >= 11 is 3.45. The molecular weight excluding hydrogens is 427 g/mol. The van der Waals surface area contributed by atoms with Gasteiger partial charge >= 0.3 is 0 Å². The molecule has 28 heavy (non-hydrogen) atoms. The highest BCUT2D eigenvalue weighted by Gasteiger charge is 2.29. The van der Waals surface area contributed by atoms with Crippen molar-refractivity contribution in [1.82, 2.24) is 10.6 Å². The van der Waals surface area contributed by atoms with E-state index >= 15 is 0 Å². The number of amides is 2. The van der Waals surface area contributed by atoms with Gasteiger partial charge in [-0.2, -0.15) is 0 Å². The van der Waals surface area contributed by atoms with Gasteiger partial charge in [-0.15, -0.1) is 0 Å². The van der Waals surface area contributed by atoms with E-state index in [-0.39, 0.29) is 17.9 Å². The smallest absolute Gasteiger partial charge is 0.251 e. The van der Waals surface area contributed by atoms with Crippen LogP contribution in [0.4, 0.5) is 4.39 Å². The average Bonchev–Trinajstić information content (AvgIpc) is 2.66. The lowest BCUT2D eigenvalue weighted by Crippen LogP contribution is -2.50. The summed E-state index contributed by atoms with van der Waals surface area (Å²) in [4.78, 5) is 25.4. The first-order valence-corrected chi connectivity index (χ1v) is 9.93. The van der Waals surface area contributed by atoms with Crippen molar-refractivity contribution in [1.29, 1.82) is 0 Å². The maximum Gasteiger partial charge on any atom is 0.251 e. The number of hydrogen-bond acceptors (Lipinski definition) is 3. The van der Waals surface area contributed by atoms with Gasteiger partial charge in [-0.05, 0) is 48.4 Å². The lowest BCUT2D eigenvalue weighted by molar-refractivity contribution is -0.124. The topological polar surface area (TPSA) is 67.4 Å². The minimum absolute atomic E-state index is 0.119. The SMILES string of the molecule is CC(C)C(NC(=O)c1ccc(F)cc1)C(=O)NC1CCOc2ccc(Br)cc21. The van der Waals surface area contributed by atoms with E-state index in [4.69, 9.17) is 4.74 Å². The Hall–Kier alpha value is -2.41. The normalized spacial score (nSPS) is 16.7. The summed E-state index contributed by atoms with van der Waals surface area (Å²) in [7, 11) is 0. The fourth-order valence-corrected chi connectivity index (χ4v) is 3.52. The zero-order chi connectivity index (χ0) is 20.3. The van der Waals surface area contributed by atoms with E-state index in [2.05, 4.69) is 26.6 Å². The third kappa shape index (κ3) is 4.70. The highest BCUT2D eigenvalue weighted by Crippen LogP contribution is 2.34. The molecule has 3 rings (SSSR count). The number of fused-ring (bicyclic) bond motifs is 1. The fraction of sp³-hybridized carbons (Fsp3) is 0.333. The van der Waals surface area contributed by atoms with Crippen LogP contribution < -0.4 is 15.4 Å². The van der Waals surface area contributed by atoms with Crippen LogP contribution in [0.2, 0.25) is 0 Å². The molecule has 2 N–H and O–H groups in total. The first-order chi connectivity index (χ1) is 13.3. The van der Waals surface area contributed by atoms with Crippen LogP contribution in [0, 0.1) is 11.7 Å². The van der Waals surface area contributed by atoms with Crippen molar-refractivity contribution in [3.8, 4) is 5.75 Å². The van der Waals surface area contributed by atoms with Gasteiger partial charge in [0, 0.05) is 22.0 Å². The lowest BCUT2D eigenvalue weighted by atomic mass is 9.98. The van der Waals surface area contributed by atoms with E-state index in [1.54, 1.807) is 0 Å². The predicted octanol–water partition coefficient (Wildman–Crippen LogP) is 3.98. The largest absolute Gasteiger partial charge is 0.493 e. The number of halogens is 2. The molecule has 0 fully saturated rings. The summed E-state index contributed by atoms with van der Waals surface area (Å²) in [6.45, 7) is 4.24. The van der Waals surface area contributed by atoms with Crippen LogP contribution >= 0.6 is 15.9 Å². The molecule has 0 aromatic heterocycles. The van der Waals surface area contributed by atoms with Gasteiger partial charge in [-0.3, -0.25) is 9.59 Å². The molecule has 1 heterocycles. The summed E-state index contributed by atoms with van der Waals surface area (Å²) in [5, 5.41) is 5.80. The van der Waals surface area contributed by atoms with E-state index in [0.29, 0.717) is 18.6 Å². The highest BCUT2D eigenvalue weighted by molar-refractivity contribution is 9.10. The van der Waals surface area contributed by atoms with Gasteiger partial charge in [0.2, 0.25) is 5.91 Å². The molecule has 2 aromatic rings. The minimum atomic E-state index is -0.712. The average molecular weight is 449 g/mol. The predicted molar refractivity (Wildman–Crippen MR) is 108 cm³/mol. The number of hydrogen-bond donors (Lipinski definition) is 2. The monoisotopic (exact) mass is 448 g/mol. The molecule has 0 aliphatic carbocycles. The Kier molecular flexibility index (Phi) is 6.34. The van der Waals surface area contributed by atoms with Crippen LogP contribution in [-0.2, 0) is 4.79 Å². The first-order valence-electron chi connectivity index (χ1n) is 9.14. The van der Waals surface area contributed by atoms with Crippen LogP contribution in [0.5, 0.6) is 5.75 Å². The van der Waals surface area contributed by atoms with Gasteiger partial charge in [-0.1, -0.05) is 29.8 Å². The Labute approximate surface area is 171 Å². The van der Waals surface area contributed by atoms with Gasteiger partial charge in [0.15, 0.2) is 0 Å². The van der Waals surface area contributed by atoms with Crippen LogP contribution in [-0.4, -0.2) is 24.5 Å². The first kappa shape index (κ1) is 20.3. The quantitative estimate of drug-likeness (QED) is 0.726. The molecule has 1 aliphatic rings. The lowest BCUT2D eigenvalue weighted by Gasteiger charge is -2.29. The van der Waals surface area contributed by atoms with Crippen molar-refractivity contribution in [3.63, 3.8) is 0 Å². The number of carbonyl (C=O) groups is 2. The second kappa shape index (κ2) is 8.73.